The van der Waals surface area contributed by atoms with Crippen molar-refractivity contribution in [3.63, 3.8) is 0 Å². The first-order chi connectivity index (χ1) is 8.22. The Morgan fingerprint density at radius 1 is 1.41 bits per heavy atom. The molecule has 0 heterocycles. The standard InChI is InChI=1S/C13H18N2O2/c1-11-3-4-12(10-14)13(9-11)15(5-7-16)6-8-17-2/h3-4,9,16H,5-8H2,1-2H3. The van der Waals surface area contributed by atoms with Crippen molar-refractivity contribution < 1.29 is 9.84 Å². The van der Waals surface area contributed by atoms with Crippen LogP contribution in [0.15, 0.2) is 18.2 Å². The maximum Gasteiger partial charge on any atom is 0.101 e. The molecule has 0 fully saturated rings. The Labute approximate surface area is 102 Å². The summed E-state index contributed by atoms with van der Waals surface area (Å²) in [5.74, 6) is 0. The molecule has 0 saturated heterocycles. The van der Waals surface area contributed by atoms with Crippen molar-refractivity contribution in [2.24, 2.45) is 0 Å². The van der Waals surface area contributed by atoms with Gasteiger partial charge in [-0.15, -0.1) is 0 Å². The van der Waals surface area contributed by atoms with E-state index in [1.807, 2.05) is 30.0 Å². The van der Waals surface area contributed by atoms with Gasteiger partial charge in [-0.05, 0) is 24.6 Å². The van der Waals surface area contributed by atoms with E-state index in [1.165, 1.54) is 0 Å². The third-order valence-corrected chi connectivity index (χ3v) is 2.55. The van der Waals surface area contributed by atoms with Gasteiger partial charge in [0.05, 0.1) is 24.5 Å². The Morgan fingerprint density at radius 2 is 2.18 bits per heavy atom. The molecule has 0 aliphatic rings. The van der Waals surface area contributed by atoms with E-state index >= 15 is 0 Å². The monoisotopic (exact) mass is 234 g/mol. The summed E-state index contributed by atoms with van der Waals surface area (Å²) in [6.07, 6.45) is 0. The summed E-state index contributed by atoms with van der Waals surface area (Å²) < 4.78 is 5.04. The molecule has 17 heavy (non-hydrogen) atoms. The van der Waals surface area contributed by atoms with Crippen molar-refractivity contribution in [1.29, 1.82) is 5.26 Å². The van der Waals surface area contributed by atoms with Gasteiger partial charge in [0.25, 0.3) is 0 Å². The molecule has 0 atom stereocenters. The molecule has 0 aliphatic carbocycles. The summed E-state index contributed by atoms with van der Waals surface area (Å²) >= 11 is 0. The Balaban J connectivity index is 2.99. The van der Waals surface area contributed by atoms with E-state index < -0.39 is 0 Å². The molecule has 0 unspecified atom stereocenters. The van der Waals surface area contributed by atoms with E-state index in [0.29, 0.717) is 25.3 Å². The van der Waals surface area contributed by atoms with Gasteiger partial charge in [0.1, 0.15) is 6.07 Å². The summed E-state index contributed by atoms with van der Waals surface area (Å²) in [5, 5.41) is 18.1. The lowest BCUT2D eigenvalue weighted by Crippen LogP contribution is -2.30. The normalized spacial score (nSPS) is 10.0. The van der Waals surface area contributed by atoms with Crippen LogP contribution in [0.3, 0.4) is 0 Å². The van der Waals surface area contributed by atoms with Crippen LogP contribution in [0.1, 0.15) is 11.1 Å². The fourth-order valence-electron chi connectivity index (χ4n) is 1.67. The summed E-state index contributed by atoms with van der Waals surface area (Å²) in [5.41, 5.74) is 2.58. The van der Waals surface area contributed by atoms with Crippen LogP contribution in [0.5, 0.6) is 0 Å². The van der Waals surface area contributed by atoms with E-state index in [-0.39, 0.29) is 6.61 Å². The molecule has 1 aromatic rings. The second-order valence-electron chi connectivity index (χ2n) is 3.84. The molecule has 1 rings (SSSR count). The predicted molar refractivity (Wildman–Crippen MR) is 67.1 cm³/mol. The first-order valence-corrected chi connectivity index (χ1v) is 5.58. The zero-order chi connectivity index (χ0) is 12.7. The molecule has 4 heteroatoms. The number of aryl methyl sites for hydroxylation is 1. The second-order valence-corrected chi connectivity index (χ2v) is 3.84. The van der Waals surface area contributed by atoms with E-state index in [4.69, 9.17) is 15.1 Å². The molecular formula is C13H18N2O2. The fourth-order valence-corrected chi connectivity index (χ4v) is 1.67. The number of rotatable bonds is 6. The van der Waals surface area contributed by atoms with Gasteiger partial charge < -0.3 is 14.7 Å². The van der Waals surface area contributed by atoms with Gasteiger partial charge in [-0.3, -0.25) is 0 Å². The number of ether oxygens (including phenoxy) is 1. The molecule has 0 aliphatic heterocycles. The first-order valence-electron chi connectivity index (χ1n) is 5.58. The Bertz CT molecular complexity index is 399. The van der Waals surface area contributed by atoms with Crippen molar-refractivity contribution in [3.05, 3.63) is 29.3 Å². The Hall–Kier alpha value is -1.57. The van der Waals surface area contributed by atoms with Gasteiger partial charge in [-0.25, -0.2) is 0 Å². The molecule has 4 nitrogen and oxygen atoms in total. The van der Waals surface area contributed by atoms with Crippen LogP contribution >= 0.6 is 0 Å². The molecular weight excluding hydrogens is 216 g/mol. The molecule has 92 valence electrons. The van der Waals surface area contributed by atoms with E-state index in [1.54, 1.807) is 7.11 Å². The molecule has 0 amide bonds. The number of benzene rings is 1. The maximum atomic E-state index is 9.08. The number of aliphatic hydroxyl groups is 1. The third kappa shape index (κ3) is 3.74. The predicted octanol–water partition coefficient (Wildman–Crippen LogP) is 1.31. The number of nitriles is 1. The molecule has 0 radical (unpaired) electrons. The van der Waals surface area contributed by atoms with E-state index in [9.17, 15) is 0 Å². The van der Waals surface area contributed by atoms with Crippen molar-refractivity contribution in [2.75, 3.05) is 38.3 Å². The average molecular weight is 234 g/mol. The molecule has 1 N–H and O–H groups in total. The van der Waals surface area contributed by atoms with E-state index in [2.05, 4.69) is 6.07 Å². The molecule has 0 bridgehead atoms. The quantitative estimate of drug-likeness (QED) is 0.806. The third-order valence-electron chi connectivity index (χ3n) is 2.55. The summed E-state index contributed by atoms with van der Waals surface area (Å²) in [6.45, 7) is 3.77. The molecule has 0 spiro atoms. The van der Waals surface area contributed by atoms with Crippen LogP contribution in [0.2, 0.25) is 0 Å². The zero-order valence-corrected chi connectivity index (χ0v) is 10.3. The lowest BCUT2D eigenvalue weighted by molar-refractivity contribution is 0.203. The summed E-state index contributed by atoms with van der Waals surface area (Å²) in [6, 6.07) is 7.86. The van der Waals surface area contributed by atoms with E-state index in [0.717, 1.165) is 11.3 Å². The highest BCUT2D eigenvalue weighted by atomic mass is 16.5. The highest BCUT2D eigenvalue weighted by Gasteiger charge is 2.10. The van der Waals surface area contributed by atoms with Crippen LogP contribution in [-0.4, -0.2) is 38.5 Å². The highest BCUT2D eigenvalue weighted by molar-refractivity contribution is 5.60. The van der Waals surface area contributed by atoms with Gasteiger partial charge >= 0.3 is 0 Å². The van der Waals surface area contributed by atoms with Crippen LogP contribution < -0.4 is 4.90 Å². The van der Waals surface area contributed by atoms with Gasteiger partial charge in [0, 0.05) is 20.2 Å². The number of hydrogen-bond acceptors (Lipinski definition) is 4. The minimum atomic E-state index is 0.0581. The van der Waals surface area contributed by atoms with Crippen molar-refractivity contribution in [1.82, 2.24) is 0 Å². The maximum absolute atomic E-state index is 9.08. The van der Waals surface area contributed by atoms with Crippen molar-refractivity contribution >= 4 is 5.69 Å². The first kappa shape index (κ1) is 13.5. The minimum absolute atomic E-state index is 0.0581. The van der Waals surface area contributed by atoms with Crippen LogP contribution in [-0.2, 0) is 4.74 Å². The van der Waals surface area contributed by atoms with Crippen LogP contribution in [0, 0.1) is 18.3 Å². The molecule has 1 aromatic carbocycles. The van der Waals surface area contributed by atoms with Gasteiger partial charge in [-0.2, -0.15) is 5.26 Å². The van der Waals surface area contributed by atoms with Gasteiger partial charge in [0.15, 0.2) is 0 Å². The van der Waals surface area contributed by atoms with Crippen molar-refractivity contribution in [2.45, 2.75) is 6.92 Å². The number of methoxy groups -OCH3 is 1. The lowest BCUT2D eigenvalue weighted by Gasteiger charge is -2.24. The fraction of sp³-hybridized carbons (Fsp3) is 0.462. The Morgan fingerprint density at radius 3 is 2.76 bits per heavy atom. The van der Waals surface area contributed by atoms with Crippen LogP contribution in [0.4, 0.5) is 5.69 Å². The smallest absolute Gasteiger partial charge is 0.101 e. The largest absolute Gasteiger partial charge is 0.395 e. The average Bonchev–Trinajstić information content (AvgIpc) is 2.34. The highest BCUT2D eigenvalue weighted by Crippen LogP contribution is 2.21. The Kier molecular flexibility index (Phi) is 5.47. The van der Waals surface area contributed by atoms with Gasteiger partial charge in [0.2, 0.25) is 0 Å². The number of aliphatic hydroxyl groups excluding tert-OH is 1. The summed E-state index contributed by atoms with van der Waals surface area (Å²) in [4.78, 5) is 1.97. The number of anilines is 1. The lowest BCUT2D eigenvalue weighted by atomic mass is 10.1. The SMILES string of the molecule is COCCN(CCO)c1cc(C)ccc1C#N. The van der Waals surface area contributed by atoms with Gasteiger partial charge in [-0.1, -0.05) is 6.07 Å². The topological polar surface area (TPSA) is 56.5 Å². The molecule has 0 saturated carbocycles. The minimum Gasteiger partial charge on any atom is -0.395 e. The summed E-state index contributed by atoms with van der Waals surface area (Å²) in [7, 11) is 1.64. The number of nitrogens with zero attached hydrogens (tertiary/aromatic N) is 2. The van der Waals surface area contributed by atoms with Crippen LogP contribution in [0.25, 0.3) is 0 Å². The van der Waals surface area contributed by atoms with Crippen molar-refractivity contribution in [3.8, 4) is 6.07 Å². The molecule has 0 aromatic heterocycles. The zero-order valence-electron chi connectivity index (χ0n) is 10.3. The number of hydrogen-bond donors (Lipinski definition) is 1. The second kappa shape index (κ2) is 6.89.